The summed E-state index contributed by atoms with van der Waals surface area (Å²) in [6.07, 6.45) is 1.93. The molecule has 0 bridgehead atoms. The highest BCUT2D eigenvalue weighted by Gasteiger charge is 2.22. The first kappa shape index (κ1) is 14.7. The number of nitrogens with zero attached hydrogens (tertiary/aromatic N) is 3. The predicted octanol–water partition coefficient (Wildman–Crippen LogP) is -0.0744. The first-order chi connectivity index (χ1) is 8.16. The van der Waals surface area contributed by atoms with Crippen molar-refractivity contribution in [3.05, 3.63) is 5.89 Å². The molecular weight excluding hydrogens is 258 g/mol. The molecule has 8 heteroatoms. The van der Waals surface area contributed by atoms with E-state index in [1.54, 1.807) is 4.90 Å². The van der Waals surface area contributed by atoms with Gasteiger partial charge in [0, 0.05) is 14.1 Å². The van der Waals surface area contributed by atoms with Gasteiger partial charge in [-0.2, -0.15) is 4.98 Å². The highest BCUT2D eigenvalue weighted by Crippen LogP contribution is 2.07. The smallest absolute Gasteiger partial charge is 0.265 e. The molecule has 102 valence electrons. The maximum absolute atomic E-state index is 11.7. The Balaban J connectivity index is 0.00000162. The van der Waals surface area contributed by atoms with Gasteiger partial charge in [-0.3, -0.25) is 4.79 Å². The summed E-state index contributed by atoms with van der Waals surface area (Å²) < 4.78 is 5.00. The minimum absolute atomic E-state index is 0. The monoisotopic (exact) mass is 275 g/mol. The van der Waals surface area contributed by atoms with Gasteiger partial charge in [-0.15, -0.1) is 12.4 Å². The first-order valence-corrected chi connectivity index (χ1v) is 5.68. The number of hydrogen-bond acceptors (Lipinski definition) is 6. The summed E-state index contributed by atoms with van der Waals surface area (Å²) in [5, 5.41) is 9.67. The van der Waals surface area contributed by atoms with Crippen molar-refractivity contribution in [2.75, 3.05) is 25.5 Å². The van der Waals surface area contributed by atoms with Crippen molar-refractivity contribution in [2.24, 2.45) is 0 Å². The normalized spacial score (nSPS) is 18.2. The second-order valence-electron chi connectivity index (χ2n) is 4.25. The molecule has 1 aromatic rings. The van der Waals surface area contributed by atoms with Gasteiger partial charge in [0.25, 0.3) is 5.95 Å². The van der Waals surface area contributed by atoms with Gasteiger partial charge in [0.05, 0.1) is 12.6 Å². The molecule has 1 atom stereocenters. The van der Waals surface area contributed by atoms with Crippen molar-refractivity contribution < 1.29 is 9.32 Å². The molecule has 0 aromatic carbocycles. The molecule has 2 rings (SSSR count). The molecule has 7 nitrogen and oxygen atoms in total. The summed E-state index contributed by atoms with van der Waals surface area (Å²) in [4.78, 5) is 17.6. The number of halogens is 1. The van der Waals surface area contributed by atoms with Crippen LogP contribution in [0, 0.1) is 0 Å². The first-order valence-electron chi connectivity index (χ1n) is 5.68. The minimum Gasteiger partial charge on any atom is -0.346 e. The number of rotatable bonds is 4. The number of amides is 1. The Kier molecular flexibility index (Phi) is 5.36. The Bertz CT molecular complexity index is 389. The molecule has 0 saturated carbocycles. The van der Waals surface area contributed by atoms with Crippen LogP contribution in [-0.2, 0) is 11.3 Å². The molecule has 2 N–H and O–H groups in total. The van der Waals surface area contributed by atoms with Gasteiger partial charge in [-0.1, -0.05) is 0 Å². The SMILES string of the molecule is CN(C)c1noc(CNC(=O)C2CCCN2)n1.Cl. The lowest BCUT2D eigenvalue weighted by Gasteiger charge is -2.08. The van der Waals surface area contributed by atoms with E-state index in [2.05, 4.69) is 20.8 Å². The maximum atomic E-state index is 11.7. The van der Waals surface area contributed by atoms with E-state index in [1.165, 1.54) is 0 Å². The summed E-state index contributed by atoms with van der Waals surface area (Å²) >= 11 is 0. The van der Waals surface area contributed by atoms with Crippen LogP contribution in [0.15, 0.2) is 4.52 Å². The fourth-order valence-corrected chi connectivity index (χ4v) is 1.69. The standard InChI is InChI=1S/C10H17N5O2.ClH/c1-15(2)10-13-8(17-14-10)6-12-9(16)7-4-3-5-11-7;/h7,11H,3-6H2,1-2H3,(H,12,16);1H. The summed E-state index contributed by atoms with van der Waals surface area (Å²) in [6.45, 7) is 1.18. The molecule has 0 aliphatic carbocycles. The zero-order valence-electron chi connectivity index (χ0n) is 10.5. The number of hydrogen-bond donors (Lipinski definition) is 2. The van der Waals surface area contributed by atoms with Crippen LogP contribution in [0.25, 0.3) is 0 Å². The van der Waals surface area contributed by atoms with Gasteiger partial charge < -0.3 is 20.1 Å². The number of aromatic nitrogens is 2. The van der Waals surface area contributed by atoms with Crippen LogP contribution < -0.4 is 15.5 Å². The zero-order chi connectivity index (χ0) is 12.3. The van der Waals surface area contributed by atoms with Crippen LogP contribution in [0.5, 0.6) is 0 Å². The number of anilines is 1. The third-order valence-electron chi connectivity index (χ3n) is 2.65. The molecule has 1 saturated heterocycles. The van der Waals surface area contributed by atoms with Crippen LogP contribution in [-0.4, -0.2) is 42.7 Å². The van der Waals surface area contributed by atoms with E-state index in [9.17, 15) is 4.79 Å². The van der Waals surface area contributed by atoms with Crippen LogP contribution in [0.4, 0.5) is 5.95 Å². The number of nitrogens with one attached hydrogen (secondary N) is 2. The highest BCUT2D eigenvalue weighted by molar-refractivity contribution is 5.85. The summed E-state index contributed by atoms with van der Waals surface area (Å²) in [6, 6.07) is -0.0776. The van der Waals surface area contributed by atoms with Gasteiger partial charge in [0.2, 0.25) is 11.8 Å². The molecule has 1 aliphatic heterocycles. The molecule has 1 unspecified atom stereocenters. The van der Waals surface area contributed by atoms with Gasteiger partial charge in [-0.05, 0) is 24.5 Å². The average Bonchev–Trinajstić information content (AvgIpc) is 2.97. The molecular formula is C10H18ClN5O2. The summed E-state index contributed by atoms with van der Waals surface area (Å²) in [5.74, 6) is 0.917. The largest absolute Gasteiger partial charge is 0.346 e. The van der Waals surface area contributed by atoms with Crippen LogP contribution in [0.3, 0.4) is 0 Å². The molecule has 1 fully saturated rings. The van der Waals surface area contributed by atoms with E-state index in [0.29, 0.717) is 11.8 Å². The van der Waals surface area contributed by atoms with E-state index in [0.717, 1.165) is 19.4 Å². The molecule has 1 aliphatic rings. The number of carbonyl (C=O) groups excluding carboxylic acids is 1. The number of carbonyl (C=O) groups is 1. The maximum Gasteiger partial charge on any atom is 0.265 e. The van der Waals surface area contributed by atoms with Crippen molar-refractivity contribution >= 4 is 24.3 Å². The second-order valence-corrected chi connectivity index (χ2v) is 4.25. The Morgan fingerprint density at radius 3 is 2.94 bits per heavy atom. The van der Waals surface area contributed by atoms with Gasteiger partial charge in [-0.25, -0.2) is 0 Å². The Labute approximate surface area is 112 Å². The Hall–Kier alpha value is -1.34. The predicted molar refractivity (Wildman–Crippen MR) is 68.7 cm³/mol. The van der Waals surface area contributed by atoms with Crippen LogP contribution in [0.2, 0.25) is 0 Å². The van der Waals surface area contributed by atoms with Crippen LogP contribution in [0.1, 0.15) is 18.7 Å². The van der Waals surface area contributed by atoms with Crippen LogP contribution >= 0.6 is 12.4 Å². The third-order valence-corrected chi connectivity index (χ3v) is 2.65. The lowest BCUT2D eigenvalue weighted by atomic mass is 10.2. The minimum atomic E-state index is -0.0776. The molecule has 1 amide bonds. The van der Waals surface area contributed by atoms with Gasteiger partial charge in [0.15, 0.2) is 0 Å². The van der Waals surface area contributed by atoms with E-state index in [4.69, 9.17) is 4.52 Å². The zero-order valence-corrected chi connectivity index (χ0v) is 11.3. The van der Waals surface area contributed by atoms with E-state index in [-0.39, 0.29) is 30.9 Å². The third kappa shape index (κ3) is 3.58. The van der Waals surface area contributed by atoms with E-state index >= 15 is 0 Å². The highest BCUT2D eigenvalue weighted by atomic mass is 35.5. The quantitative estimate of drug-likeness (QED) is 0.800. The van der Waals surface area contributed by atoms with E-state index in [1.807, 2.05) is 14.1 Å². The van der Waals surface area contributed by atoms with Crippen molar-refractivity contribution in [1.29, 1.82) is 0 Å². The lowest BCUT2D eigenvalue weighted by Crippen LogP contribution is -2.40. The summed E-state index contributed by atoms with van der Waals surface area (Å²) in [7, 11) is 3.66. The lowest BCUT2D eigenvalue weighted by molar-refractivity contribution is -0.123. The van der Waals surface area contributed by atoms with Crippen molar-refractivity contribution in [3.8, 4) is 0 Å². The van der Waals surface area contributed by atoms with Gasteiger partial charge >= 0.3 is 0 Å². The second kappa shape index (κ2) is 6.55. The molecule has 0 radical (unpaired) electrons. The van der Waals surface area contributed by atoms with Crippen molar-refractivity contribution in [3.63, 3.8) is 0 Å². The fourth-order valence-electron chi connectivity index (χ4n) is 1.69. The van der Waals surface area contributed by atoms with E-state index < -0.39 is 0 Å². The Morgan fingerprint density at radius 1 is 1.61 bits per heavy atom. The molecule has 1 aromatic heterocycles. The molecule has 2 heterocycles. The molecule has 18 heavy (non-hydrogen) atoms. The fraction of sp³-hybridized carbons (Fsp3) is 0.700. The topological polar surface area (TPSA) is 83.3 Å². The average molecular weight is 276 g/mol. The Morgan fingerprint density at radius 2 is 2.39 bits per heavy atom. The molecule has 0 spiro atoms. The van der Waals surface area contributed by atoms with Crippen molar-refractivity contribution in [2.45, 2.75) is 25.4 Å². The van der Waals surface area contributed by atoms with Gasteiger partial charge in [0.1, 0.15) is 0 Å². The van der Waals surface area contributed by atoms with Crippen molar-refractivity contribution in [1.82, 2.24) is 20.8 Å². The summed E-state index contributed by atoms with van der Waals surface area (Å²) in [5.41, 5.74) is 0.